The van der Waals surface area contributed by atoms with E-state index in [0.29, 0.717) is 4.57 Å². The molecule has 0 saturated carbocycles. The van der Waals surface area contributed by atoms with E-state index in [1.807, 2.05) is 10.1 Å². The van der Waals surface area contributed by atoms with Gasteiger partial charge in [0, 0.05) is 12.3 Å². The fourth-order valence-electron chi connectivity index (χ4n) is 2.50. The van der Waals surface area contributed by atoms with Gasteiger partial charge in [-0.05, 0) is 13.8 Å². The number of esters is 1. The van der Waals surface area contributed by atoms with Gasteiger partial charge in [-0.2, -0.15) is 0 Å². The van der Waals surface area contributed by atoms with Crippen molar-refractivity contribution < 1.29 is 42.9 Å². The molecule has 1 fully saturated rings. The molecular weight excluding hydrogens is 420 g/mol. The number of alkyl halides is 1. The summed E-state index contributed by atoms with van der Waals surface area (Å²) in [6.07, 6.45) is -5.09. The van der Waals surface area contributed by atoms with Crippen molar-refractivity contribution in [2.24, 2.45) is 0 Å². The number of nitrogens with zero attached hydrogens (tertiary/aromatic N) is 1. The molecule has 13 nitrogen and oxygen atoms in total. The Kier molecular flexibility index (Phi) is 7.11. The summed E-state index contributed by atoms with van der Waals surface area (Å²) in [4.78, 5) is 46.0. The second-order valence-electron chi connectivity index (χ2n) is 6.14. The molecule has 0 bridgehead atoms. The Hall–Kier alpha value is -1.93. The van der Waals surface area contributed by atoms with E-state index in [4.69, 9.17) is 4.74 Å². The van der Waals surface area contributed by atoms with Crippen LogP contribution < -0.4 is 16.3 Å². The summed E-state index contributed by atoms with van der Waals surface area (Å²) < 4.78 is 41.6. The lowest BCUT2D eigenvalue weighted by Gasteiger charge is -2.25. The number of hydrogen-bond acceptors (Lipinski definition) is 9. The molecule has 0 amide bonds. The first-order chi connectivity index (χ1) is 13.4. The fraction of sp³-hybridized carbons (Fsp3) is 0.643. The van der Waals surface area contributed by atoms with Gasteiger partial charge in [0.2, 0.25) is 0 Å². The number of rotatable bonds is 8. The van der Waals surface area contributed by atoms with Crippen LogP contribution in [0.2, 0.25) is 0 Å². The SMILES string of the molecule is CCOC(=O)[C@H](C)NP(=O)(O)OC[C@@]1(F)O[C@@H](n2ccc(=O)[nH]c2=O)[C@H](O)[C@@H]1O. The summed E-state index contributed by atoms with van der Waals surface area (Å²) in [5, 5.41) is 21.9. The highest BCUT2D eigenvalue weighted by Crippen LogP contribution is 2.43. The van der Waals surface area contributed by atoms with Gasteiger partial charge in [0.05, 0.1) is 6.61 Å². The van der Waals surface area contributed by atoms with Crippen molar-refractivity contribution >= 4 is 13.7 Å². The maximum absolute atomic E-state index is 15.0. The van der Waals surface area contributed by atoms with E-state index < -0.39 is 61.9 Å². The van der Waals surface area contributed by atoms with E-state index in [1.165, 1.54) is 13.8 Å². The molecule has 0 aromatic carbocycles. The number of aromatic amines is 1. The Morgan fingerprint density at radius 2 is 2.17 bits per heavy atom. The lowest BCUT2D eigenvalue weighted by molar-refractivity contribution is -0.204. The quantitative estimate of drug-likeness (QED) is 0.224. The van der Waals surface area contributed by atoms with Crippen LogP contribution in [0.4, 0.5) is 4.39 Å². The third-order valence-corrected chi connectivity index (χ3v) is 5.13. The Morgan fingerprint density at radius 1 is 1.52 bits per heavy atom. The molecule has 164 valence electrons. The molecule has 29 heavy (non-hydrogen) atoms. The minimum absolute atomic E-state index is 0.0263. The minimum Gasteiger partial charge on any atom is -0.465 e. The molecule has 6 atom stereocenters. The van der Waals surface area contributed by atoms with Crippen molar-refractivity contribution in [1.29, 1.82) is 0 Å². The van der Waals surface area contributed by atoms with Gasteiger partial charge in [-0.1, -0.05) is 0 Å². The van der Waals surface area contributed by atoms with Crippen LogP contribution in [0, 0.1) is 0 Å². The van der Waals surface area contributed by atoms with Crippen LogP contribution >= 0.6 is 7.75 Å². The number of aliphatic hydroxyl groups is 2. The van der Waals surface area contributed by atoms with Crippen LogP contribution in [0.1, 0.15) is 20.1 Å². The summed E-state index contributed by atoms with van der Waals surface area (Å²) in [5.41, 5.74) is -1.80. The zero-order chi connectivity index (χ0) is 22.0. The van der Waals surface area contributed by atoms with Crippen LogP contribution in [0.25, 0.3) is 0 Å². The van der Waals surface area contributed by atoms with Crippen LogP contribution in [-0.2, 0) is 23.4 Å². The molecule has 2 heterocycles. The number of aliphatic hydroxyl groups excluding tert-OH is 2. The fourth-order valence-corrected chi connectivity index (χ4v) is 3.52. The number of ether oxygens (including phenoxy) is 2. The number of carbonyl (C=O) groups is 1. The highest BCUT2D eigenvalue weighted by molar-refractivity contribution is 7.50. The molecule has 1 saturated heterocycles. The van der Waals surface area contributed by atoms with Crippen molar-refractivity contribution in [3.05, 3.63) is 33.1 Å². The van der Waals surface area contributed by atoms with Crippen LogP contribution in [0.5, 0.6) is 0 Å². The first-order valence-corrected chi connectivity index (χ1v) is 9.94. The predicted octanol–water partition coefficient (Wildman–Crippen LogP) is -1.89. The molecule has 0 aliphatic carbocycles. The van der Waals surface area contributed by atoms with Crippen LogP contribution in [0.15, 0.2) is 21.9 Å². The molecule has 0 radical (unpaired) electrons. The predicted molar refractivity (Wildman–Crippen MR) is 92.3 cm³/mol. The molecule has 1 aliphatic rings. The third-order valence-electron chi connectivity index (χ3n) is 3.93. The summed E-state index contributed by atoms with van der Waals surface area (Å²) in [7, 11) is -4.75. The standard InChI is InChI=1S/C14H21FN3O10P/c1-3-26-12(22)7(2)17-29(24,25)27-6-14(15)10(21)9(20)11(28-14)18-5-4-8(19)16-13(18)23/h4-5,7,9-11,20-21H,3,6H2,1-2H3,(H,16,19,23)(H2,17,24,25)/t7-,9+,10-,11+,14+/m0/s1. The molecular formula is C14H21FN3O10P. The highest BCUT2D eigenvalue weighted by Gasteiger charge is 2.57. The molecule has 2 rings (SSSR count). The number of carbonyl (C=O) groups excluding carboxylic acids is 1. The maximum Gasteiger partial charge on any atom is 0.403 e. The van der Waals surface area contributed by atoms with Crippen molar-refractivity contribution in [1.82, 2.24) is 14.6 Å². The van der Waals surface area contributed by atoms with Gasteiger partial charge >= 0.3 is 19.4 Å². The number of hydrogen-bond donors (Lipinski definition) is 5. The third kappa shape index (κ3) is 5.36. The normalized spacial score (nSPS) is 29.9. The van der Waals surface area contributed by atoms with E-state index in [9.17, 15) is 38.4 Å². The molecule has 1 aliphatic heterocycles. The summed E-state index contributed by atoms with van der Waals surface area (Å²) in [6.45, 7) is 1.42. The number of H-pyrrole nitrogens is 1. The average Bonchev–Trinajstić information content (AvgIpc) is 2.85. The summed E-state index contributed by atoms with van der Waals surface area (Å²) in [6, 6.07) is -0.366. The number of aromatic nitrogens is 2. The van der Waals surface area contributed by atoms with E-state index in [-0.39, 0.29) is 6.61 Å². The largest absolute Gasteiger partial charge is 0.465 e. The van der Waals surface area contributed by atoms with Crippen LogP contribution in [-0.4, -0.2) is 67.9 Å². The van der Waals surface area contributed by atoms with Gasteiger partial charge in [-0.25, -0.2) is 18.8 Å². The number of nitrogens with one attached hydrogen (secondary N) is 2. The molecule has 0 spiro atoms. The monoisotopic (exact) mass is 441 g/mol. The lowest BCUT2D eigenvalue weighted by atomic mass is 10.1. The van der Waals surface area contributed by atoms with Crippen molar-refractivity contribution in [3.63, 3.8) is 0 Å². The summed E-state index contributed by atoms with van der Waals surface area (Å²) >= 11 is 0. The minimum atomic E-state index is -4.75. The molecule has 1 aromatic rings. The van der Waals surface area contributed by atoms with Gasteiger partial charge in [0.15, 0.2) is 6.23 Å². The van der Waals surface area contributed by atoms with Gasteiger partial charge < -0.3 is 24.6 Å². The Balaban J connectivity index is 2.10. The molecule has 1 unspecified atom stereocenters. The Morgan fingerprint density at radius 3 is 2.76 bits per heavy atom. The van der Waals surface area contributed by atoms with E-state index in [2.05, 4.69) is 9.26 Å². The van der Waals surface area contributed by atoms with Crippen molar-refractivity contribution in [2.75, 3.05) is 13.2 Å². The Labute approximate surface area is 162 Å². The zero-order valence-electron chi connectivity index (χ0n) is 15.4. The average molecular weight is 441 g/mol. The summed E-state index contributed by atoms with van der Waals surface area (Å²) in [5.74, 6) is -4.04. The van der Waals surface area contributed by atoms with Crippen molar-refractivity contribution in [3.8, 4) is 0 Å². The van der Waals surface area contributed by atoms with Crippen molar-refractivity contribution in [2.45, 2.75) is 44.2 Å². The smallest absolute Gasteiger partial charge is 0.403 e. The topological polar surface area (TPSA) is 189 Å². The molecule has 15 heteroatoms. The van der Waals surface area contributed by atoms with E-state index in [1.54, 1.807) is 0 Å². The van der Waals surface area contributed by atoms with Gasteiger partial charge in [0.1, 0.15) is 24.9 Å². The van der Waals surface area contributed by atoms with Gasteiger partial charge in [-0.3, -0.25) is 23.7 Å². The zero-order valence-corrected chi connectivity index (χ0v) is 16.2. The number of halogens is 1. The second-order valence-corrected chi connectivity index (χ2v) is 7.70. The Bertz CT molecular complexity index is 906. The maximum atomic E-state index is 15.0. The second kappa shape index (κ2) is 8.83. The van der Waals surface area contributed by atoms with E-state index >= 15 is 0 Å². The molecule has 5 N–H and O–H groups in total. The van der Waals surface area contributed by atoms with Crippen LogP contribution in [0.3, 0.4) is 0 Å². The first-order valence-electron chi connectivity index (χ1n) is 8.36. The highest BCUT2D eigenvalue weighted by atomic mass is 31.2. The first kappa shape index (κ1) is 23.3. The molecule has 1 aromatic heterocycles. The lowest BCUT2D eigenvalue weighted by Crippen LogP contribution is -2.43. The van der Waals surface area contributed by atoms with Gasteiger partial charge in [-0.15, -0.1) is 0 Å². The van der Waals surface area contributed by atoms with E-state index in [0.717, 1.165) is 12.3 Å². The van der Waals surface area contributed by atoms with Gasteiger partial charge in [0.25, 0.3) is 11.4 Å².